The summed E-state index contributed by atoms with van der Waals surface area (Å²) >= 11 is 0. The van der Waals surface area contributed by atoms with E-state index < -0.39 is 12.0 Å². The molecule has 3 N–H and O–H groups in total. The highest BCUT2D eigenvalue weighted by Crippen LogP contribution is 2.20. The van der Waals surface area contributed by atoms with Crippen molar-refractivity contribution in [2.24, 2.45) is 5.73 Å². The number of nitrogens with two attached hydrogens (primary N) is 1. The maximum atomic E-state index is 10.6. The highest BCUT2D eigenvalue weighted by molar-refractivity contribution is 5.72. The molecule has 1 unspecified atom stereocenters. The largest absolute Gasteiger partial charge is 0.494 e. The van der Waals surface area contributed by atoms with Crippen molar-refractivity contribution in [1.82, 2.24) is 0 Å². The number of carboxylic acid groups (broad SMARTS) is 1. The Balaban J connectivity index is 2.48. The smallest absolute Gasteiger partial charge is 0.320 e. The first-order chi connectivity index (χ1) is 8.54. The van der Waals surface area contributed by atoms with Gasteiger partial charge in [0.2, 0.25) is 0 Å². The molecule has 18 heavy (non-hydrogen) atoms. The van der Waals surface area contributed by atoms with Gasteiger partial charge in [-0.3, -0.25) is 4.79 Å². The molecule has 0 amide bonds. The van der Waals surface area contributed by atoms with Crippen molar-refractivity contribution in [3.05, 3.63) is 29.3 Å². The number of benzene rings is 1. The molecule has 4 nitrogen and oxygen atoms in total. The predicted octanol–water partition coefficient (Wildman–Crippen LogP) is 2.13. The van der Waals surface area contributed by atoms with Gasteiger partial charge in [0.05, 0.1) is 6.61 Å². The van der Waals surface area contributed by atoms with Crippen molar-refractivity contribution in [2.45, 2.75) is 39.2 Å². The highest BCUT2D eigenvalue weighted by atomic mass is 16.5. The number of ether oxygens (including phenoxy) is 1. The van der Waals surface area contributed by atoms with Gasteiger partial charge in [0.15, 0.2) is 0 Å². The van der Waals surface area contributed by atoms with E-state index in [9.17, 15) is 4.79 Å². The molecule has 0 fully saturated rings. The van der Waals surface area contributed by atoms with E-state index >= 15 is 0 Å². The first-order valence-corrected chi connectivity index (χ1v) is 6.25. The van der Waals surface area contributed by atoms with E-state index in [1.54, 1.807) is 0 Å². The summed E-state index contributed by atoms with van der Waals surface area (Å²) in [4.78, 5) is 10.6. The molecule has 0 saturated heterocycles. The quantitative estimate of drug-likeness (QED) is 0.778. The summed E-state index contributed by atoms with van der Waals surface area (Å²) in [5.74, 6) is -0.0265. The maximum Gasteiger partial charge on any atom is 0.320 e. The molecule has 0 aliphatic heterocycles. The van der Waals surface area contributed by atoms with Crippen molar-refractivity contribution in [1.29, 1.82) is 0 Å². The number of hydrogen-bond acceptors (Lipinski definition) is 3. The summed E-state index contributed by atoms with van der Waals surface area (Å²) in [6, 6.07) is 5.31. The van der Waals surface area contributed by atoms with E-state index in [-0.39, 0.29) is 0 Å². The van der Waals surface area contributed by atoms with Crippen molar-refractivity contribution < 1.29 is 14.6 Å². The van der Waals surface area contributed by atoms with Crippen molar-refractivity contribution in [2.75, 3.05) is 6.61 Å². The highest BCUT2D eigenvalue weighted by Gasteiger charge is 2.10. The van der Waals surface area contributed by atoms with E-state index in [0.29, 0.717) is 13.0 Å². The first kappa shape index (κ1) is 14.5. The third kappa shape index (κ3) is 4.37. The molecule has 0 saturated carbocycles. The zero-order chi connectivity index (χ0) is 13.5. The zero-order valence-corrected chi connectivity index (χ0v) is 11.0. The van der Waals surface area contributed by atoms with Crippen LogP contribution in [0.15, 0.2) is 18.2 Å². The number of aliphatic carboxylic acids is 1. The minimum Gasteiger partial charge on any atom is -0.494 e. The molecule has 1 rings (SSSR count). The molecule has 1 aromatic rings. The number of carbonyl (C=O) groups is 1. The van der Waals surface area contributed by atoms with E-state index in [0.717, 1.165) is 24.2 Å². The van der Waals surface area contributed by atoms with Gasteiger partial charge in [-0.25, -0.2) is 0 Å². The van der Waals surface area contributed by atoms with Gasteiger partial charge in [-0.2, -0.15) is 0 Å². The van der Waals surface area contributed by atoms with Gasteiger partial charge in [0, 0.05) is 0 Å². The first-order valence-electron chi connectivity index (χ1n) is 6.25. The summed E-state index contributed by atoms with van der Waals surface area (Å²) in [5, 5.41) is 8.68. The second-order valence-corrected chi connectivity index (χ2v) is 4.37. The SMILES string of the molecule is CCOc1ccc(CCCC(N)C(=O)O)cc1C. The van der Waals surface area contributed by atoms with Crippen LogP contribution in [0.4, 0.5) is 0 Å². The predicted molar refractivity (Wildman–Crippen MR) is 70.9 cm³/mol. The standard InChI is InChI=1S/C14H21NO3/c1-3-18-13-8-7-11(9-10(13)2)5-4-6-12(15)14(16)17/h7-9,12H,3-6,15H2,1-2H3,(H,16,17). The van der Waals surface area contributed by atoms with E-state index in [2.05, 4.69) is 6.07 Å². The van der Waals surface area contributed by atoms with Crippen LogP contribution in [0.2, 0.25) is 0 Å². The second kappa shape index (κ2) is 7.01. The molecule has 0 spiro atoms. The fourth-order valence-electron chi connectivity index (χ4n) is 1.83. The lowest BCUT2D eigenvalue weighted by molar-refractivity contribution is -0.138. The summed E-state index contributed by atoms with van der Waals surface area (Å²) < 4.78 is 5.47. The number of carboxylic acids is 1. The van der Waals surface area contributed by atoms with Crippen LogP contribution in [-0.2, 0) is 11.2 Å². The Bertz CT molecular complexity index is 404. The molecule has 1 atom stereocenters. The lowest BCUT2D eigenvalue weighted by atomic mass is 10.0. The molecule has 0 heterocycles. The maximum absolute atomic E-state index is 10.6. The van der Waals surface area contributed by atoms with Gasteiger partial charge in [0.25, 0.3) is 0 Å². The van der Waals surface area contributed by atoms with Crippen LogP contribution in [0.3, 0.4) is 0 Å². The fraction of sp³-hybridized carbons (Fsp3) is 0.500. The van der Waals surface area contributed by atoms with Crippen LogP contribution in [-0.4, -0.2) is 23.7 Å². The van der Waals surface area contributed by atoms with Gasteiger partial charge in [-0.15, -0.1) is 0 Å². The molecule has 0 aliphatic carbocycles. The van der Waals surface area contributed by atoms with Crippen molar-refractivity contribution in [3.8, 4) is 5.75 Å². The normalized spacial score (nSPS) is 12.2. The number of aryl methyl sites for hydroxylation is 2. The summed E-state index contributed by atoms with van der Waals surface area (Å²) in [6.45, 7) is 4.63. The molecule has 0 aliphatic rings. The molecular formula is C14H21NO3. The van der Waals surface area contributed by atoms with Crippen LogP contribution < -0.4 is 10.5 Å². The monoisotopic (exact) mass is 251 g/mol. The van der Waals surface area contributed by atoms with Gasteiger partial charge in [-0.1, -0.05) is 12.1 Å². The average Bonchev–Trinajstić information content (AvgIpc) is 2.32. The molecular weight excluding hydrogens is 230 g/mol. The fourth-order valence-corrected chi connectivity index (χ4v) is 1.83. The minimum absolute atomic E-state index is 0.502. The van der Waals surface area contributed by atoms with Gasteiger partial charge in [-0.05, 0) is 50.3 Å². The van der Waals surface area contributed by atoms with Crippen LogP contribution in [0.5, 0.6) is 5.75 Å². The van der Waals surface area contributed by atoms with Crippen molar-refractivity contribution >= 4 is 5.97 Å². The third-order valence-corrected chi connectivity index (χ3v) is 2.84. The molecule has 0 aromatic heterocycles. The Morgan fingerprint density at radius 1 is 1.50 bits per heavy atom. The van der Waals surface area contributed by atoms with Crippen LogP contribution in [0.1, 0.15) is 30.9 Å². The topological polar surface area (TPSA) is 72.5 Å². The Labute approximate surface area is 108 Å². The van der Waals surface area contributed by atoms with Crippen LogP contribution >= 0.6 is 0 Å². The molecule has 0 radical (unpaired) electrons. The van der Waals surface area contributed by atoms with Gasteiger partial charge >= 0.3 is 5.97 Å². The summed E-state index contributed by atoms with van der Waals surface area (Å²) in [7, 11) is 0. The zero-order valence-electron chi connectivity index (χ0n) is 11.0. The van der Waals surface area contributed by atoms with Crippen molar-refractivity contribution in [3.63, 3.8) is 0 Å². The van der Waals surface area contributed by atoms with Gasteiger partial charge in [0.1, 0.15) is 11.8 Å². The molecule has 100 valence electrons. The van der Waals surface area contributed by atoms with Crippen LogP contribution in [0.25, 0.3) is 0 Å². The molecule has 4 heteroatoms. The van der Waals surface area contributed by atoms with Crippen LogP contribution in [0, 0.1) is 6.92 Å². The average molecular weight is 251 g/mol. The third-order valence-electron chi connectivity index (χ3n) is 2.84. The minimum atomic E-state index is -0.933. The van der Waals surface area contributed by atoms with E-state index in [4.69, 9.17) is 15.6 Å². The molecule has 0 bridgehead atoms. The second-order valence-electron chi connectivity index (χ2n) is 4.37. The van der Waals surface area contributed by atoms with Gasteiger partial charge < -0.3 is 15.6 Å². The van der Waals surface area contributed by atoms with E-state index in [1.807, 2.05) is 26.0 Å². The summed E-state index contributed by atoms with van der Waals surface area (Å²) in [6.07, 6.45) is 2.12. The lowest BCUT2D eigenvalue weighted by Gasteiger charge is -2.10. The lowest BCUT2D eigenvalue weighted by Crippen LogP contribution is -2.29. The number of hydrogen-bond donors (Lipinski definition) is 2. The van der Waals surface area contributed by atoms with E-state index in [1.165, 1.54) is 5.56 Å². The Hall–Kier alpha value is -1.55. The Morgan fingerprint density at radius 2 is 2.22 bits per heavy atom. The molecule has 1 aromatic carbocycles. The Morgan fingerprint density at radius 3 is 2.78 bits per heavy atom. The summed E-state index contributed by atoms with van der Waals surface area (Å²) in [5.41, 5.74) is 7.75. The Kier molecular flexibility index (Phi) is 5.65. The number of rotatable bonds is 7.